The summed E-state index contributed by atoms with van der Waals surface area (Å²) in [6.45, 7) is 11.5. The fourth-order valence-electron chi connectivity index (χ4n) is 1.72. The van der Waals surface area contributed by atoms with Gasteiger partial charge in [-0.25, -0.2) is 9.38 Å². The van der Waals surface area contributed by atoms with E-state index in [2.05, 4.69) is 41.7 Å². The Labute approximate surface area is 127 Å². The molecule has 0 radical (unpaired) electrons. The number of hydrogen-bond donors (Lipinski definition) is 3. The average Bonchev–Trinajstić information content (AvgIpc) is 2.41. The van der Waals surface area contributed by atoms with E-state index in [1.165, 1.54) is 12.1 Å². The van der Waals surface area contributed by atoms with Crippen LogP contribution in [0.25, 0.3) is 0 Å². The Hall–Kier alpha value is -1.62. The summed E-state index contributed by atoms with van der Waals surface area (Å²) >= 11 is 0. The van der Waals surface area contributed by atoms with Crippen LogP contribution >= 0.6 is 0 Å². The molecule has 0 heterocycles. The SMILES string of the molecule is CCNC(=NCc1ccc(F)cc1)NCCNC(C)(C)C. The van der Waals surface area contributed by atoms with Crippen LogP contribution in [0.3, 0.4) is 0 Å². The van der Waals surface area contributed by atoms with Gasteiger partial charge in [-0.3, -0.25) is 0 Å². The average molecular weight is 294 g/mol. The molecule has 0 aliphatic rings. The van der Waals surface area contributed by atoms with Gasteiger partial charge >= 0.3 is 0 Å². The van der Waals surface area contributed by atoms with E-state index in [9.17, 15) is 4.39 Å². The standard InChI is InChI=1S/C16H27FN4/c1-5-18-15(19-10-11-21-16(2,3)4)20-12-13-6-8-14(17)9-7-13/h6-9,21H,5,10-12H2,1-4H3,(H2,18,19,20). The second-order valence-corrected chi connectivity index (χ2v) is 5.93. The van der Waals surface area contributed by atoms with Crippen LogP contribution in [-0.4, -0.2) is 31.1 Å². The Balaban J connectivity index is 2.44. The summed E-state index contributed by atoms with van der Waals surface area (Å²) in [5.41, 5.74) is 1.10. The number of aliphatic imine (C=N–C) groups is 1. The van der Waals surface area contributed by atoms with Crippen LogP contribution in [0.4, 0.5) is 4.39 Å². The summed E-state index contributed by atoms with van der Waals surface area (Å²) in [6, 6.07) is 6.42. The third-order valence-electron chi connectivity index (χ3n) is 2.75. The molecule has 3 N–H and O–H groups in total. The molecule has 0 saturated heterocycles. The predicted molar refractivity (Wildman–Crippen MR) is 87.0 cm³/mol. The van der Waals surface area contributed by atoms with Crippen molar-refractivity contribution >= 4 is 5.96 Å². The molecular weight excluding hydrogens is 267 g/mol. The van der Waals surface area contributed by atoms with Gasteiger partial charge in [-0.15, -0.1) is 0 Å². The van der Waals surface area contributed by atoms with Gasteiger partial charge in [0.2, 0.25) is 0 Å². The van der Waals surface area contributed by atoms with Crippen molar-refractivity contribution in [1.29, 1.82) is 0 Å². The number of hydrogen-bond acceptors (Lipinski definition) is 2. The van der Waals surface area contributed by atoms with Crippen LogP contribution < -0.4 is 16.0 Å². The van der Waals surface area contributed by atoms with E-state index in [1.807, 2.05) is 6.92 Å². The maximum atomic E-state index is 12.8. The second-order valence-electron chi connectivity index (χ2n) is 5.93. The highest BCUT2D eigenvalue weighted by Crippen LogP contribution is 2.03. The quantitative estimate of drug-likeness (QED) is 0.428. The van der Waals surface area contributed by atoms with E-state index in [4.69, 9.17) is 0 Å². The minimum atomic E-state index is -0.221. The molecule has 0 aliphatic carbocycles. The highest BCUT2D eigenvalue weighted by Gasteiger charge is 2.07. The van der Waals surface area contributed by atoms with Crippen molar-refractivity contribution in [3.8, 4) is 0 Å². The summed E-state index contributed by atoms with van der Waals surface area (Å²) in [7, 11) is 0. The molecule has 0 saturated carbocycles. The molecule has 0 unspecified atom stereocenters. The molecule has 4 nitrogen and oxygen atoms in total. The van der Waals surface area contributed by atoms with Gasteiger partial charge in [0.25, 0.3) is 0 Å². The lowest BCUT2D eigenvalue weighted by Gasteiger charge is -2.21. The first-order chi connectivity index (χ1) is 9.90. The first-order valence-electron chi connectivity index (χ1n) is 7.42. The minimum absolute atomic E-state index is 0.116. The van der Waals surface area contributed by atoms with Crippen LogP contribution in [-0.2, 0) is 6.54 Å². The lowest BCUT2D eigenvalue weighted by molar-refractivity contribution is 0.428. The Kier molecular flexibility index (Phi) is 7.15. The lowest BCUT2D eigenvalue weighted by Crippen LogP contribution is -2.44. The minimum Gasteiger partial charge on any atom is -0.357 e. The van der Waals surface area contributed by atoms with Crippen molar-refractivity contribution in [2.24, 2.45) is 4.99 Å². The van der Waals surface area contributed by atoms with E-state index in [0.29, 0.717) is 6.54 Å². The molecule has 1 rings (SSSR count). The van der Waals surface area contributed by atoms with Crippen LogP contribution in [0.2, 0.25) is 0 Å². The normalized spacial score (nSPS) is 12.3. The van der Waals surface area contributed by atoms with Crippen molar-refractivity contribution in [3.63, 3.8) is 0 Å². The van der Waals surface area contributed by atoms with Gasteiger partial charge in [-0.05, 0) is 45.4 Å². The Morgan fingerprint density at radius 3 is 2.33 bits per heavy atom. The maximum absolute atomic E-state index is 12.8. The third kappa shape index (κ3) is 8.30. The van der Waals surface area contributed by atoms with Gasteiger partial charge < -0.3 is 16.0 Å². The summed E-state index contributed by atoms with van der Waals surface area (Å²) in [5.74, 6) is 0.554. The van der Waals surface area contributed by atoms with E-state index in [1.54, 1.807) is 12.1 Å². The van der Waals surface area contributed by atoms with Gasteiger partial charge in [0.05, 0.1) is 6.54 Å². The highest BCUT2D eigenvalue weighted by molar-refractivity contribution is 5.79. The van der Waals surface area contributed by atoms with Crippen LogP contribution in [0, 0.1) is 5.82 Å². The van der Waals surface area contributed by atoms with Crippen LogP contribution in [0.1, 0.15) is 33.3 Å². The molecule has 118 valence electrons. The number of halogens is 1. The molecule has 0 atom stereocenters. The van der Waals surface area contributed by atoms with E-state index < -0.39 is 0 Å². The van der Waals surface area contributed by atoms with Crippen molar-refractivity contribution < 1.29 is 4.39 Å². The van der Waals surface area contributed by atoms with Gasteiger partial charge in [-0.2, -0.15) is 0 Å². The molecule has 0 fully saturated rings. The summed E-state index contributed by atoms with van der Waals surface area (Å²) < 4.78 is 12.8. The lowest BCUT2D eigenvalue weighted by atomic mass is 10.1. The fraction of sp³-hybridized carbons (Fsp3) is 0.562. The predicted octanol–water partition coefficient (Wildman–Crippen LogP) is 2.27. The largest absolute Gasteiger partial charge is 0.357 e. The number of nitrogens with one attached hydrogen (secondary N) is 3. The molecule has 0 spiro atoms. The zero-order valence-electron chi connectivity index (χ0n) is 13.5. The molecule has 0 aliphatic heterocycles. The number of benzene rings is 1. The topological polar surface area (TPSA) is 48.5 Å². The van der Waals surface area contributed by atoms with Crippen LogP contribution in [0.15, 0.2) is 29.3 Å². The number of rotatable bonds is 6. The Bertz CT molecular complexity index is 435. The van der Waals surface area contributed by atoms with E-state index in [0.717, 1.165) is 31.2 Å². The third-order valence-corrected chi connectivity index (χ3v) is 2.75. The second kappa shape index (κ2) is 8.62. The van der Waals surface area contributed by atoms with Crippen LogP contribution in [0.5, 0.6) is 0 Å². The van der Waals surface area contributed by atoms with Crippen molar-refractivity contribution in [2.75, 3.05) is 19.6 Å². The zero-order valence-corrected chi connectivity index (χ0v) is 13.5. The van der Waals surface area contributed by atoms with Gasteiger partial charge in [0, 0.05) is 25.2 Å². The monoisotopic (exact) mass is 294 g/mol. The fourth-order valence-corrected chi connectivity index (χ4v) is 1.72. The number of nitrogens with zero attached hydrogens (tertiary/aromatic N) is 1. The molecule has 21 heavy (non-hydrogen) atoms. The summed E-state index contributed by atoms with van der Waals surface area (Å²) in [5, 5.41) is 9.89. The van der Waals surface area contributed by atoms with E-state index >= 15 is 0 Å². The first kappa shape index (κ1) is 17.4. The van der Waals surface area contributed by atoms with Gasteiger partial charge in [-0.1, -0.05) is 12.1 Å². The smallest absolute Gasteiger partial charge is 0.191 e. The molecule has 1 aromatic rings. The summed E-state index contributed by atoms with van der Waals surface area (Å²) in [4.78, 5) is 4.49. The van der Waals surface area contributed by atoms with Crippen molar-refractivity contribution in [1.82, 2.24) is 16.0 Å². The first-order valence-corrected chi connectivity index (χ1v) is 7.42. The molecule has 0 amide bonds. The highest BCUT2D eigenvalue weighted by atomic mass is 19.1. The van der Waals surface area contributed by atoms with Crippen molar-refractivity contribution in [2.45, 2.75) is 39.8 Å². The van der Waals surface area contributed by atoms with E-state index in [-0.39, 0.29) is 11.4 Å². The Morgan fingerprint density at radius 2 is 1.76 bits per heavy atom. The van der Waals surface area contributed by atoms with Crippen molar-refractivity contribution in [3.05, 3.63) is 35.6 Å². The van der Waals surface area contributed by atoms with Gasteiger partial charge in [0.1, 0.15) is 5.82 Å². The zero-order chi connectivity index (χ0) is 15.7. The Morgan fingerprint density at radius 1 is 1.10 bits per heavy atom. The number of guanidine groups is 1. The summed E-state index contributed by atoms with van der Waals surface area (Å²) in [6.07, 6.45) is 0. The molecule has 5 heteroatoms. The van der Waals surface area contributed by atoms with Gasteiger partial charge in [0.15, 0.2) is 5.96 Å². The molecule has 0 bridgehead atoms. The maximum Gasteiger partial charge on any atom is 0.191 e. The molecule has 0 aromatic heterocycles. The molecule has 1 aromatic carbocycles. The molecular formula is C16H27FN4.